The van der Waals surface area contributed by atoms with Crippen molar-refractivity contribution in [2.75, 3.05) is 32.7 Å². The first kappa shape index (κ1) is 31.9. The number of likely N-dealkylation sites (tertiary alicyclic amines) is 1. The van der Waals surface area contributed by atoms with E-state index >= 15 is 0 Å². The van der Waals surface area contributed by atoms with Crippen molar-refractivity contribution in [1.82, 2.24) is 15.3 Å². The first-order chi connectivity index (χ1) is 22.2. The number of para-hydroxylation sites is 1. The van der Waals surface area contributed by atoms with Gasteiger partial charge in [0.05, 0.1) is 6.54 Å². The lowest BCUT2D eigenvalue weighted by Gasteiger charge is -2.38. The topological polar surface area (TPSA) is 71.1 Å². The Kier molecular flexibility index (Phi) is 11.8. The van der Waals surface area contributed by atoms with E-state index in [1.807, 2.05) is 72.8 Å². The molecule has 0 bridgehead atoms. The SMILES string of the molecule is O=CCN(NCC(CCCN1CCC(Oc2ccccc2)CC1)(c1ccccc1)c1ccccc1)C(=O)OCc1ccccc1. The summed E-state index contributed by atoms with van der Waals surface area (Å²) in [4.78, 5) is 27.3. The third kappa shape index (κ3) is 9.03. The first-order valence-electron chi connectivity index (χ1n) is 15.9. The van der Waals surface area contributed by atoms with E-state index < -0.39 is 11.5 Å². The molecular formula is C38H43N3O4. The van der Waals surface area contributed by atoms with Gasteiger partial charge in [-0.1, -0.05) is 109 Å². The lowest BCUT2D eigenvalue weighted by molar-refractivity contribution is -0.109. The Balaban J connectivity index is 1.27. The van der Waals surface area contributed by atoms with E-state index in [1.165, 1.54) is 5.01 Å². The zero-order valence-corrected chi connectivity index (χ0v) is 25.8. The number of hydrogen-bond donors (Lipinski definition) is 1. The van der Waals surface area contributed by atoms with Gasteiger partial charge in [0, 0.05) is 25.0 Å². The number of amides is 1. The highest BCUT2D eigenvalue weighted by Crippen LogP contribution is 2.37. The summed E-state index contributed by atoms with van der Waals surface area (Å²) in [5, 5.41) is 1.29. The number of carbonyl (C=O) groups is 2. The van der Waals surface area contributed by atoms with Crippen LogP contribution in [0.4, 0.5) is 4.79 Å². The predicted octanol–water partition coefficient (Wildman–Crippen LogP) is 6.64. The Hall–Kier alpha value is -4.46. The standard InChI is InChI=1S/C38H43N3O4/c42-29-28-41(37(43)44-30-32-14-5-1-6-15-32)39-31-38(33-16-7-2-8-17-33,34-18-9-3-10-19-34)24-13-25-40-26-22-36(23-27-40)45-35-20-11-4-12-21-35/h1-12,14-21,29,36,39H,13,22-28,30-31H2. The highest BCUT2D eigenvalue weighted by Gasteiger charge is 2.35. The number of hydrogen-bond acceptors (Lipinski definition) is 6. The van der Waals surface area contributed by atoms with E-state index in [-0.39, 0.29) is 19.3 Å². The van der Waals surface area contributed by atoms with Crippen molar-refractivity contribution in [3.05, 3.63) is 138 Å². The summed E-state index contributed by atoms with van der Waals surface area (Å²) in [6, 6.07) is 40.5. The number of rotatable bonds is 15. The number of piperidine rings is 1. The second-order valence-electron chi connectivity index (χ2n) is 11.5. The highest BCUT2D eigenvalue weighted by atomic mass is 16.6. The molecule has 4 aromatic carbocycles. The second-order valence-corrected chi connectivity index (χ2v) is 11.5. The molecule has 7 heteroatoms. The van der Waals surface area contributed by atoms with E-state index in [0.29, 0.717) is 12.8 Å². The monoisotopic (exact) mass is 605 g/mol. The summed E-state index contributed by atoms with van der Waals surface area (Å²) in [6.07, 6.45) is 4.20. The van der Waals surface area contributed by atoms with Gasteiger partial charge in [-0.3, -0.25) is 0 Å². The van der Waals surface area contributed by atoms with E-state index in [1.54, 1.807) is 0 Å². The highest BCUT2D eigenvalue weighted by molar-refractivity contribution is 5.70. The molecule has 0 unspecified atom stereocenters. The molecular weight excluding hydrogens is 562 g/mol. The molecule has 1 heterocycles. The van der Waals surface area contributed by atoms with Gasteiger partial charge in [-0.15, -0.1) is 0 Å². The normalized spacial score (nSPS) is 14.0. The Morgan fingerprint density at radius 1 is 0.822 bits per heavy atom. The van der Waals surface area contributed by atoms with Crippen molar-refractivity contribution in [2.45, 2.75) is 43.8 Å². The number of ether oxygens (including phenoxy) is 2. The van der Waals surface area contributed by atoms with Gasteiger partial charge < -0.3 is 19.2 Å². The van der Waals surface area contributed by atoms with Crippen LogP contribution in [0.5, 0.6) is 5.75 Å². The molecule has 1 aliphatic heterocycles. The van der Waals surface area contributed by atoms with Crippen molar-refractivity contribution in [3.63, 3.8) is 0 Å². The maximum atomic E-state index is 13.1. The van der Waals surface area contributed by atoms with Crippen LogP contribution in [-0.2, 0) is 21.6 Å². The van der Waals surface area contributed by atoms with Gasteiger partial charge >= 0.3 is 6.09 Å². The predicted molar refractivity (Wildman–Crippen MR) is 177 cm³/mol. The van der Waals surface area contributed by atoms with Crippen molar-refractivity contribution in [2.24, 2.45) is 0 Å². The lowest BCUT2D eigenvalue weighted by Crippen LogP contribution is -2.51. The number of aldehydes is 1. The number of hydrazine groups is 1. The molecule has 4 aromatic rings. The van der Waals surface area contributed by atoms with Gasteiger partial charge in [-0.05, 0) is 61.1 Å². The van der Waals surface area contributed by atoms with E-state index in [4.69, 9.17) is 9.47 Å². The molecule has 0 atom stereocenters. The van der Waals surface area contributed by atoms with Gasteiger partial charge in [-0.25, -0.2) is 15.2 Å². The molecule has 0 saturated carbocycles. The molecule has 0 radical (unpaired) electrons. The fourth-order valence-electron chi connectivity index (χ4n) is 6.11. The zero-order chi connectivity index (χ0) is 31.2. The van der Waals surface area contributed by atoms with Crippen molar-refractivity contribution < 1.29 is 19.1 Å². The first-order valence-corrected chi connectivity index (χ1v) is 15.9. The molecule has 5 rings (SSSR count). The maximum Gasteiger partial charge on any atom is 0.424 e. The molecule has 7 nitrogen and oxygen atoms in total. The minimum Gasteiger partial charge on any atom is -0.490 e. The average molecular weight is 606 g/mol. The number of nitrogens with one attached hydrogen (secondary N) is 1. The average Bonchev–Trinajstić information content (AvgIpc) is 3.10. The quantitative estimate of drug-likeness (QED) is 0.121. The fourth-order valence-corrected chi connectivity index (χ4v) is 6.11. The van der Waals surface area contributed by atoms with Gasteiger partial charge in [0.1, 0.15) is 24.7 Å². The molecule has 0 spiro atoms. The lowest BCUT2D eigenvalue weighted by atomic mass is 9.71. The Morgan fingerprint density at radius 3 is 1.96 bits per heavy atom. The summed E-state index contributed by atoms with van der Waals surface area (Å²) in [5.41, 5.74) is 6.06. The van der Waals surface area contributed by atoms with Crippen LogP contribution in [0.2, 0.25) is 0 Å². The molecule has 1 amide bonds. The second kappa shape index (κ2) is 16.6. The molecule has 45 heavy (non-hydrogen) atoms. The van der Waals surface area contributed by atoms with Crippen LogP contribution in [0.3, 0.4) is 0 Å². The molecule has 1 saturated heterocycles. The van der Waals surface area contributed by atoms with Crippen LogP contribution >= 0.6 is 0 Å². The van der Waals surface area contributed by atoms with E-state index in [2.05, 4.69) is 58.9 Å². The summed E-state index contributed by atoms with van der Waals surface area (Å²) in [5.74, 6) is 0.937. The number of benzene rings is 4. The van der Waals surface area contributed by atoms with Crippen molar-refractivity contribution in [3.8, 4) is 5.75 Å². The summed E-state index contributed by atoms with van der Waals surface area (Å²) >= 11 is 0. The van der Waals surface area contributed by atoms with Crippen molar-refractivity contribution in [1.29, 1.82) is 0 Å². The van der Waals surface area contributed by atoms with Gasteiger partial charge in [0.15, 0.2) is 0 Å². The molecule has 1 aliphatic rings. The van der Waals surface area contributed by atoms with Crippen LogP contribution in [0.1, 0.15) is 42.4 Å². The zero-order valence-electron chi connectivity index (χ0n) is 25.8. The van der Waals surface area contributed by atoms with Crippen LogP contribution in [0, 0.1) is 0 Å². The largest absolute Gasteiger partial charge is 0.490 e. The Morgan fingerprint density at radius 2 is 1.38 bits per heavy atom. The summed E-state index contributed by atoms with van der Waals surface area (Å²) in [7, 11) is 0. The summed E-state index contributed by atoms with van der Waals surface area (Å²) in [6.45, 7) is 3.40. The van der Waals surface area contributed by atoms with Gasteiger partial charge in [0.25, 0.3) is 0 Å². The minimum atomic E-state index is -0.582. The summed E-state index contributed by atoms with van der Waals surface area (Å²) < 4.78 is 11.8. The van der Waals surface area contributed by atoms with Crippen LogP contribution in [-0.4, -0.2) is 61.1 Å². The van der Waals surface area contributed by atoms with Crippen LogP contribution in [0.25, 0.3) is 0 Å². The third-order valence-corrected chi connectivity index (χ3v) is 8.57. The number of nitrogens with zero attached hydrogens (tertiary/aromatic N) is 2. The van der Waals surface area contributed by atoms with Gasteiger partial charge in [0.2, 0.25) is 0 Å². The molecule has 1 fully saturated rings. The number of carbonyl (C=O) groups excluding carboxylic acids is 2. The minimum absolute atomic E-state index is 0.118. The van der Waals surface area contributed by atoms with E-state index in [0.717, 1.165) is 67.8 Å². The van der Waals surface area contributed by atoms with Crippen molar-refractivity contribution >= 4 is 12.4 Å². The third-order valence-electron chi connectivity index (χ3n) is 8.57. The Labute approximate surface area is 266 Å². The van der Waals surface area contributed by atoms with Crippen LogP contribution in [0.15, 0.2) is 121 Å². The molecule has 0 aromatic heterocycles. The van der Waals surface area contributed by atoms with Crippen LogP contribution < -0.4 is 10.2 Å². The molecule has 0 aliphatic carbocycles. The Bertz CT molecular complexity index is 1390. The smallest absolute Gasteiger partial charge is 0.424 e. The molecule has 1 N–H and O–H groups in total. The fraction of sp³-hybridized carbons (Fsp3) is 0.316. The van der Waals surface area contributed by atoms with E-state index in [9.17, 15) is 9.59 Å². The maximum absolute atomic E-state index is 13.1. The van der Waals surface area contributed by atoms with Gasteiger partial charge in [-0.2, -0.15) is 0 Å². The molecule has 234 valence electrons.